The first kappa shape index (κ1) is 10.5. The van der Waals surface area contributed by atoms with Gasteiger partial charge in [-0.3, -0.25) is 4.98 Å². The van der Waals surface area contributed by atoms with E-state index in [0.717, 1.165) is 36.3 Å². The van der Waals surface area contributed by atoms with Gasteiger partial charge in [-0.05, 0) is 25.0 Å². The minimum Gasteiger partial charge on any atom is -0.394 e. The van der Waals surface area contributed by atoms with E-state index >= 15 is 0 Å². The summed E-state index contributed by atoms with van der Waals surface area (Å²) in [5.74, 6) is 1.09. The summed E-state index contributed by atoms with van der Waals surface area (Å²) >= 11 is 0. The van der Waals surface area contributed by atoms with E-state index in [9.17, 15) is 5.11 Å². The van der Waals surface area contributed by atoms with Crippen LogP contribution in [0.3, 0.4) is 0 Å². The molecular formula is C13H15N3O. The molecule has 2 aromatic rings. The molecule has 17 heavy (non-hydrogen) atoms. The van der Waals surface area contributed by atoms with E-state index in [1.54, 1.807) is 12.4 Å². The third-order valence-electron chi connectivity index (χ3n) is 3.33. The van der Waals surface area contributed by atoms with Gasteiger partial charge in [0.05, 0.1) is 18.3 Å². The number of aliphatic hydroxyl groups is 1. The number of nitrogens with zero attached hydrogens (tertiary/aromatic N) is 3. The molecule has 0 spiro atoms. The SMILES string of the molecule is OCC1CCCc2nc(-c3ccncc3)cn21. The highest BCUT2D eigenvalue weighted by atomic mass is 16.3. The van der Waals surface area contributed by atoms with Crippen molar-refractivity contribution in [3.63, 3.8) is 0 Å². The number of hydrogen-bond acceptors (Lipinski definition) is 3. The van der Waals surface area contributed by atoms with Crippen molar-refractivity contribution in [3.8, 4) is 11.3 Å². The first-order valence-corrected chi connectivity index (χ1v) is 5.97. The molecule has 0 amide bonds. The molecule has 0 radical (unpaired) electrons. The average Bonchev–Trinajstić information content (AvgIpc) is 2.83. The summed E-state index contributed by atoms with van der Waals surface area (Å²) in [5.41, 5.74) is 2.06. The molecule has 1 aliphatic rings. The molecule has 2 aromatic heterocycles. The largest absolute Gasteiger partial charge is 0.394 e. The first-order valence-electron chi connectivity index (χ1n) is 5.97. The number of aliphatic hydroxyl groups excluding tert-OH is 1. The second-order valence-electron chi connectivity index (χ2n) is 4.41. The predicted molar refractivity (Wildman–Crippen MR) is 64.5 cm³/mol. The van der Waals surface area contributed by atoms with Crippen molar-refractivity contribution >= 4 is 0 Å². The van der Waals surface area contributed by atoms with Crippen LogP contribution in [0.5, 0.6) is 0 Å². The Labute approximate surface area is 100.0 Å². The van der Waals surface area contributed by atoms with Crippen LogP contribution in [0.25, 0.3) is 11.3 Å². The summed E-state index contributed by atoms with van der Waals surface area (Å²) in [6.45, 7) is 0.194. The lowest BCUT2D eigenvalue weighted by atomic mass is 10.1. The van der Waals surface area contributed by atoms with Gasteiger partial charge in [0.1, 0.15) is 5.82 Å². The van der Waals surface area contributed by atoms with Crippen LogP contribution in [-0.2, 0) is 6.42 Å². The fourth-order valence-corrected chi connectivity index (χ4v) is 2.41. The monoisotopic (exact) mass is 229 g/mol. The molecule has 0 saturated carbocycles. The van der Waals surface area contributed by atoms with Crippen LogP contribution in [0.1, 0.15) is 24.7 Å². The minimum atomic E-state index is 0.194. The summed E-state index contributed by atoms with van der Waals surface area (Å²) in [4.78, 5) is 8.65. The molecule has 4 heteroatoms. The van der Waals surface area contributed by atoms with E-state index in [-0.39, 0.29) is 12.6 Å². The van der Waals surface area contributed by atoms with Gasteiger partial charge < -0.3 is 9.67 Å². The van der Waals surface area contributed by atoms with Crippen LogP contribution < -0.4 is 0 Å². The highest BCUT2D eigenvalue weighted by Gasteiger charge is 2.21. The van der Waals surface area contributed by atoms with Crippen molar-refractivity contribution in [1.29, 1.82) is 0 Å². The highest BCUT2D eigenvalue weighted by molar-refractivity contribution is 5.57. The van der Waals surface area contributed by atoms with Crippen LogP contribution in [-0.4, -0.2) is 26.2 Å². The van der Waals surface area contributed by atoms with Gasteiger partial charge in [0.25, 0.3) is 0 Å². The molecule has 1 unspecified atom stereocenters. The van der Waals surface area contributed by atoms with Crippen molar-refractivity contribution in [1.82, 2.24) is 14.5 Å². The molecule has 1 atom stereocenters. The molecule has 0 fully saturated rings. The Kier molecular flexibility index (Phi) is 2.65. The molecule has 0 saturated heterocycles. The van der Waals surface area contributed by atoms with Gasteiger partial charge in [-0.15, -0.1) is 0 Å². The van der Waals surface area contributed by atoms with Gasteiger partial charge in [0.15, 0.2) is 0 Å². The summed E-state index contributed by atoms with van der Waals surface area (Å²) in [5, 5.41) is 9.36. The minimum absolute atomic E-state index is 0.194. The summed E-state index contributed by atoms with van der Waals surface area (Å²) in [6, 6.07) is 4.12. The second kappa shape index (κ2) is 4.30. The number of rotatable bonds is 2. The lowest BCUT2D eigenvalue weighted by Gasteiger charge is -2.22. The molecule has 88 valence electrons. The lowest BCUT2D eigenvalue weighted by molar-refractivity contribution is 0.206. The Balaban J connectivity index is 2.02. The van der Waals surface area contributed by atoms with Crippen molar-refractivity contribution in [2.24, 2.45) is 0 Å². The Morgan fingerprint density at radius 2 is 2.18 bits per heavy atom. The highest BCUT2D eigenvalue weighted by Crippen LogP contribution is 2.27. The van der Waals surface area contributed by atoms with E-state index < -0.39 is 0 Å². The Bertz CT molecular complexity index is 507. The molecule has 0 bridgehead atoms. The van der Waals surface area contributed by atoms with Gasteiger partial charge in [0, 0.05) is 30.6 Å². The van der Waals surface area contributed by atoms with Crippen LogP contribution in [0, 0.1) is 0 Å². The Morgan fingerprint density at radius 1 is 1.35 bits per heavy atom. The quantitative estimate of drug-likeness (QED) is 0.854. The first-order chi connectivity index (χ1) is 8.38. The summed E-state index contributed by atoms with van der Waals surface area (Å²) in [6.07, 6.45) is 8.74. The zero-order valence-electron chi connectivity index (χ0n) is 9.58. The number of imidazole rings is 1. The molecule has 0 aromatic carbocycles. The number of aromatic nitrogens is 3. The van der Waals surface area contributed by atoms with E-state index in [2.05, 4.69) is 14.5 Å². The van der Waals surface area contributed by atoms with Crippen molar-refractivity contribution < 1.29 is 5.11 Å². The molecular weight excluding hydrogens is 214 g/mol. The fraction of sp³-hybridized carbons (Fsp3) is 0.385. The molecule has 0 aliphatic carbocycles. The predicted octanol–water partition coefficient (Wildman–Crippen LogP) is 1.81. The summed E-state index contributed by atoms with van der Waals surface area (Å²) in [7, 11) is 0. The van der Waals surface area contributed by atoms with Gasteiger partial charge in [-0.25, -0.2) is 4.98 Å². The third-order valence-corrected chi connectivity index (χ3v) is 3.33. The van der Waals surface area contributed by atoms with Gasteiger partial charge >= 0.3 is 0 Å². The number of hydrogen-bond donors (Lipinski definition) is 1. The molecule has 4 nitrogen and oxygen atoms in total. The maximum atomic E-state index is 9.36. The maximum Gasteiger partial charge on any atom is 0.109 e. The maximum absolute atomic E-state index is 9.36. The smallest absolute Gasteiger partial charge is 0.109 e. The zero-order valence-corrected chi connectivity index (χ0v) is 9.58. The zero-order chi connectivity index (χ0) is 11.7. The lowest BCUT2D eigenvalue weighted by Crippen LogP contribution is -2.20. The Morgan fingerprint density at radius 3 is 2.94 bits per heavy atom. The molecule has 3 rings (SSSR count). The van der Waals surface area contributed by atoms with E-state index in [0.29, 0.717) is 0 Å². The van der Waals surface area contributed by atoms with Crippen molar-refractivity contribution in [3.05, 3.63) is 36.5 Å². The standard InChI is InChI=1S/C13H15N3O/c17-9-11-2-1-3-13-15-12(8-16(11)13)10-4-6-14-7-5-10/h4-8,11,17H,1-3,9H2. The van der Waals surface area contributed by atoms with Crippen LogP contribution in [0.2, 0.25) is 0 Å². The van der Waals surface area contributed by atoms with E-state index in [1.807, 2.05) is 18.3 Å². The van der Waals surface area contributed by atoms with Crippen LogP contribution in [0.4, 0.5) is 0 Å². The molecule has 1 N–H and O–H groups in total. The van der Waals surface area contributed by atoms with E-state index in [4.69, 9.17) is 0 Å². The van der Waals surface area contributed by atoms with Gasteiger partial charge in [0.2, 0.25) is 0 Å². The Hall–Kier alpha value is -1.68. The average molecular weight is 229 g/mol. The van der Waals surface area contributed by atoms with Gasteiger partial charge in [-0.1, -0.05) is 0 Å². The summed E-state index contributed by atoms with van der Waals surface area (Å²) < 4.78 is 2.12. The van der Waals surface area contributed by atoms with E-state index in [1.165, 1.54) is 0 Å². The van der Waals surface area contributed by atoms with Gasteiger partial charge in [-0.2, -0.15) is 0 Å². The van der Waals surface area contributed by atoms with Crippen molar-refractivity contribution in [2.75, 3.05) is 6.61 Å². The molecule has 1 aliphatic heterocycles. The third kappa shape index (κ3) is 1.85. The van der Waals surface area contributed by atoms with Crippen LogP contribution >= 0.6 is 0 Å². The van der Waals surface area contributed by atoms with Crippen molar-refractivity contribution in [2.45, 2.75) is 25.3 Å². The number of pyridine rings is 1. The topological polar surface area (TPSA) is 50.9 Å². The van der Waals surface area contributed by atoms with Crippen LogP contribution in [0.15, 0.2) is 30.7 Å². The molecule has 3 heterocycles. The number of fused-ring (bicyclic) bond motifs is 1. The second-order valence-corrected chi connectivity index (χ2v) is 4.41. The fourth-order valence-electron chi connectivity index (χ4n) is 2.41. The normalized spacial score (nSPS) is 19.0. The number of aryl methyl sites for hydroxylation is 1.